The zero-order chi connectivity index (χ0) is 22.5. The normalized spacial score (nSPS) is 11.5. The molecule has 2 amide bonds. The summed E-state index contributed by atoms with van der Waals surface area (Å²) in [5, 5.41) is 4.73. The van der Waals surface area contributed by atoms with Crippen LogP contribution in [0.15, 0.2) is 75.6 Å². The van der Waals surface area contributed by atoms with Gasteiger partial charge in [0.1, 0.15) is 5.76 Å². The highest BCUT2D eigenvalue weighted by molar-refractivity contribution is 7.07. The molecule has 0 aliphatic heterocycles. The average molecular weight is 447 g/mol. The van der Waals surface area contributed by atoms with Crippen LogP contribution in [-0.4, -0.2) is 21.4 Å². The quantitative estimate of drug-likeness (QED) is 0.487. The zero-order valence-corrected chi connectivity index (χ0v) is 18.6. The van der Waals surface area contributed by atoms with E-state index in [9.17, 15) is 9.59 Å². The molecule has 4 rings (SSSR count). The summed E-state index contributed by atoms with van der Waals surface area (Å²) in [7, 11) is 0. The molecule has 3 aromatic heterocycles. The number of amides is 2. The van der Waals surface area contributed by atoms with Gasteiger partial charge in [-0.2, -0.15) is 4.99 Å². The summed E-state index contributed by atoms with van der Waals surface area (Å²) in [6, 6.07) is 16.3. The van der Waals surface area contributed by atoms with Gasteiger partial charge in [-0.1, -0.05) is 23.8 Å². The van der Waals surface area contributed by atoms with Crippen molar-refractivity contribution in [3.63, 3.8) is 0 Å². The molecule has 0 aliphatic rings. The van der Waals surface area contributed by atoms with Crippen LogP contribution in [0.3, 0.4) is 0 Å². The van der Waals surface area contributed by atoms with E-state index in [1.165, 1.54) is 11.3 Å². The molecule has 8 heteroatoms. The molecular formula is C24H22N4O3S. The second-order valence-corrected chi connectivity index (χ2v) is 8.14. The van der Waals surface area contributed by atoms with E-state index in [0.717, 1.165) is 17.0 Å². The molecule has 3 heterocycles. The Morgan fingerprint density at radius 1 is 1.12 bits per heavy atom. The van der Waals surface area contributed by atoms with Gasteiger partial charge in [-0.15, -0.1) is 11.3 Å². The predicted octanol–water partition coefficient (Wildman–Crippen LogP) is 3.87. The summed E-state index contributed by atoms with van der Waals surface area (Å²) < 4.78 is 7.64. The van der Waals surface area contributed by atoms with Crippen LogP contribution in [0.4, 0.5) is 0 Å². The van der Waals surface area contributed by atoms with Crippen LogP contribution in [0, 0.1) is 13.8 Å². The summed E-state index contributed by atoms with van der Waals surface area (Å²) in [4.78, 5) is 34.1. The summed E-state index contributed by atoms with van der Waals surface area (Å²) >= 11 is 1.39. The van der Waals surface area contributed by atoms with Gasteiger partial charge < -0.3 is 14.3 Å². The Kier molecular flexibility index (Phi) is 6.42. The fourth-order valence-electron chi connectivity index (χ4n) is 3.13. The molecule has 1 N–H and O–H groups in total. The molecule has 0 unspecified atom stereocenters. The SMILES string of the molecule is Cc1cccc(C(=O)N=c2scc(C)n2Cc2ccc(C(=O)NCc3ccccn3)o2)c1. The van der Waals surface area contributed by atoms with Gasteiger partial charge in [0.05, 0.1) is 18.8 Å². The number of carbonyl (C=O) groups is 2. The first-order valence-corrected chi connectivity index (χ1v) is 10.9. The van der Waals surface area contributed by atoms with E-state index in [0.29, 0.717) is 29.2 Å². The third-order valence-corrected chi connectivity index (χ3v) is 5.79. The summed E-state index contributed by atoms with van der Waals surface area (Å²) in [5.74, 6) is 0.212. The van der Waals surface area contributed by atoms with Crippen molar-refractivity contribution in [2.45, 2.75) is 26.9 Å². The number of carbonyl (C=O) groups excluding carboxylic acids is 2. The first-order valence-electron chi connectivity index (χ1n) is 10.1. The number of aromatic nitrogens is 2. The molecule has 0 bridgehead atoms. The van der Waals surface area contributed by atoms with Gasteiger partial charge >= 0.3 is 0 Å². The number of rotatable bonds is 6. The maximum Gasteiger partial charge on any atom is 0.287 e. The van der Waals surface area contributed by atoms with Gasteiger partial charge in [0, 0.05) is 22.8 Å². The lowest BCUT2D eigenvalue weighted by Gasteiger charge is -2.04. The minimum atomic E-state index is -0.312. The Bertz CT molecular complexity index is 1320. The van der Waals surface area contributed by atoms with Crippen molar-refractivity contribution in [2.24, 2.45) is 4.99 Å². The number of benzene rings is 1. The fourth-order valence-corrected chi connectivity index (χ4v) is 4.00. The maximum absolute atomic E-state index is 12.6. The predicted molar refractivity (Wildman–Crippen MR) is 121 cm³/mol. The molecule has 0 atom stereocenters. The average Bonchev–Trinajstić information content (AvgIpc) is 3.41. The second-order valence-electron chi connectivity index (χ2n) is 7.30. The van der Waals surface area contributed by atoms with E-state index in [4.69, 9.17) is 4.42 Å². The van der Waals surface area contributed by atoms with Crippen LogP contribution in [0.25, 0.3) is 0 Å². The Balaban J connectivity index is 1.48. The van der Waals surface area contributed by atoms with Crippen molar-refractivity contribution in [3.05, 3.63) is 105 Å². The van der Waals surface area contributed by atoms with Crippen LogP contribution in [0.2, 0.25) is 0 Å². The molecule has 0 radical (unpaired) electrons. The Morgan fingerprint density at radius 3 is 2.78 bits per heavy atom. The van der Waals surface area contributed by atoms with Gasteiger partial charge in [0.2, 0.25) is 0 Å². The summed E-state index contributed by atoms with van der Waals surface area (Å²) in [5.41, 5.74) is 3.27. The first kappa shape index (κ1) is 21.5. The zero-order valence-electron chi connectivity index (χ0n) is 17.7. The van der Waals surface area contributed by atoms with Gasteiger partial charge in [-0.25, -0.2) is 0 Å². The molecule has 0 saturated heterocycles. The van der Waals surface area contributed by atoms with Gasteiger partial charge in [-0.05, 0) is 50.2 Å². The second kappa shape index (κ2) is 9.57. The number of furan rings is 1. The van der Waals surface area contributed by atoms with Gasteiger partial charge in [0.15, 0.2) is 10.6 Å². The van der Waals surface area contributed by atoms with Crippen molar-refractivity contribution in [1.82, 2.24) is 14.9 Å². The third kappa shape index (κ3) is 5.09. The highest BCUT2D eigenvalue weighted by Crippen LogP contribution is 2.12. The Morgan fingerprint density at radius 2 is 2.00 bits per heavy atom. The smallest absolute Gasteiger partial charge is 0.287 e. The highest BCUT2D eigenvalue weighted by atomic mass is 32.1. The van der Waals surface area contributed by atoms with Crippen molar-refractivity contribution >= 4 is 23.2 Å². The van der Waals surface area contributed by atoms with Crippen LogP contribution in [0.5, 0.6) is 0 Å². The van der Waals surface area contributed by atoms with Gasteiger partial charge in [0.25, 0.3) is 11.8 Å². The lowest BCUT2D eigenvalue weighted by Crippen LogP contribution is -2.22. The molecule has 7 nitrogen and oxygen atoms in total. The highest BCUT2D eigenvalue weighted by Gasteiger charge is 2.13. The Labute approximate surface area is 189 Å². The number of nitrogens with zero attached hydrogens (tertiary/aromatic N) is 3. The van der Waals surface area contributed by atoms with E-state index >= 15 is 0 Å². The van der Waals surface area contributed by atoms with Gasteiger partial charge in [-0.3, -0.25) is 14.6 Å². The molecule has 32 heavy (non-hydrogen) atoms. The molecule has 0 spiro atoms. The standard InChI is InChI=1S/C24H22N4O3S/c1-16-6-5-7-18(12-16)22(29)27-24-28(17(2)15-32-24)14-20-9-10-21(31-20)23(30)26-13-19-8-3-4-11-25-19/h3-12,15H,13-14H2,1-2H3,(H,26,30). The molecule has 4 aromatic rings. The molecular weight excluding hydrogens is 424 g/mol. The number of aryl methyl sites for hydroxylation is 2. The number of nitrogens with one attached hydrogen (secondary N) is 1. The number of hydrogen-bond acceptors (Lipinski definition) is 5. The minimum absolute atomic E-state index is 0.221. The summed E-state index contributed by atoms with van der Waals surface area (Å²) in [6.45, 7) is 4.56. The molecule has 0 aliphatic carbocycles. The van der Waals surface area contributed by atoms with Crippen LogP contribution >= 0.6 is 11.3 Å². The van der Waals surface area contributed by atoms with Crippen molar-refractivity contribution in [3.8, 4) is 0 Å². The van der Waals surface area contributed by atoms with E-state index in [2.05, 4.69) is 15.3 Å². The lowest BCUT2D eigenvalue weighted by atomic mass is 10.1. The van der Waals surface area contributed by atoms with E-state index < -0.39 is 0 Å². The fraction of sp³-hybridized carbons (Fsp3) is 0.167. The van der Waals surface area contributed by atoms with Crippen LogP contribution in [-0.2, 0) is 13.1 Å². The van der Waals surface area contributed by atoms with Crippen molar-refractivity contribution in [1.29, 1.82) is 0 Å². The molecule has 0 fully saturated rings. The summed E-state index contributed by atoms with van der Waals surface area (Å²) in [6.07, 6.45) is 1.68. The van der Waals surface area contributed by atoms with E-state index in [1.54, 1.807) is 24.4 Å². The number of thiazole rings is 1. The minimum Gasteiger partial charge on any atom is -0.454 e. The largest absolute Gasteiger partial charge is 0.454 e. The first-order chi connectivity index (χ1) is 15.5. The third-order valence-electron chi connectivity index (χ3n) is 4.81. The van der Waals surface area contributed by atoms with Crippen molar-refractivity contribution in [2.75, 3.05) is 0 Å². The monoisotopic (exact) mass is 446 g/mol. The lowest BCUT2D eigenvalue weighted by molar-refractivity contribution is 0.0920. The topological polar surface area (TPSA) is 89.5 Å². The number of hydrogen-bond donors (Lipinski definition) is 1. The number of pyridine rings is 1. The van der Waals surface area contributed by atoms with E-state index in [1.807, 2.05) is 60.2 Å². The van der Waals surface area contributed by atoms with Crippen molar-refractivity contribution < 1.29 is 14.0 Å². The van der Waals surface area contributed by atoms with E-state index in [-0.39, 0.29) is 17.6 Å². The maximum atomic E-state index is 12.6. The molecule has 162 valence electrons. The van der Waals surface area contributed by atoms with Crippen LogP contribution in [0.1, 0.15) is 43.6 Å². The van der Waals surface area contributed by atoms with Crippen LogP contribution < -0.4 is 10.1 Å². The molecule has 1 aromatic carbocycles. The Hall–Kier alpha value is -3.78. The molecule has 0 saturated carbocycles.